The maximum absolute atomic E-state index is 12.4. The van der Waals surface area contributed by atoms with Gasteiger partial charge in [-0.2, -0.15) is 0 Å². The Balaban J connectivity index is 1.89. The van der Waals surface area contributed by atoms with Crippen LogP contribution in [0.25, 0.3) is 11.3 Å². The van der Waals surface area contributed by atoms with Crippen LogP contribution in [0.3, 0.4) is 0 Å². The molecule has 0 atom stereocenters. The van der Waals surface area contributed by atoms with Gasteiger partial charge in [0.05, 0.1) is 27.9 Å². The largest absolute Gasteiger partial charge is 0.263 e. The SMILES string of the molecule is CS(=O)(=O)c1ccc(-c2cncc(NS(=O)(=O)c3ccccc3)n2)cc1. The normalized spacial score (nSPS) is 11.9. The maximum Gasteiger partial charge on any atom is 0.263 e. The molecule has 0 aliphatic rings. The van der Waals surface area contributed by atoms with Gasteiger partial charge in [-0.25, -0.2) is 21.8 Å². The van der Waals surface area contributed by atoms with Crippen molar-refractivity contribution in [2.75, 3.05) is 11.0 Å². The second kappa shape index (κ2) is 6.85. The number of sulfonamides is 1. The summed E-state index contributed by atoms with van der Waals surface area (Å²) in [6.07, 6.45) is 3.89. The van der Waals surface area contributed by atoms with Crippen LogP contribution < -0.4 is 4.72 Å². The van der Waals surface area contributed by atoms with Gasteiger partial charge in [-0.15, -0.1) is 0 Å². The van der Waals surface area contributed by atoms with Crippen LogP contribution in [-0.2, 0) is 19.9 Å². The maximum atomic E-state index is 12.4. The van der Waals surface area contributed by atoms with Crippen molar-refractivity contribution in [3.8, 4) is 11.3 Å². The van der Waals surface area contributed by atoms with Crippen LogP contribution in [-0.4, -0.2) is 33.1 Å². The van der Waals surface area contributed by atoms with Crippen LogP contribution in [0.4, 0.5) is 5.82 Å². The zero-order valence-corrected chi connectivity index (χ0v) is 15.3. The number of hydrogen-bond donors (Lipinski definition) is 1. The van der Waals surface area contributed by atoms with E-state index >= 15 is 0 Å². The molecule has 1 N–H and O–H groups in total. The van der Waals surface area contributed by atoms with Crippen molar-refractivity contribution in [1.82, 2.24) is 9.97 Å². The van der Waals surface area contributed by atoms with Crippen LogP contribution in [0.1, 0.15) is 0 Å². The molecule has 2 aromatic carbocycles. The topological polar surface area (TPSA) is 106 Å². The van der Waals surface area contributed by atoms with E-state index < -0.39 is 19.9 Å². The Kier molecular flexibility index (Phi) is 4.75. The summed E-state index contributed by atoms with van der Waals surface area (Å²) in [5.41, 5.74) is 1.03. The lowest BCUT2D eigenvalue weighted by Crippen LogP contribution is -2.14. The van der Waals surface area contributed by atoms with Crippen molar-refractivity contribution in [2.24, 2.45) is 0 Å². The molecule has 0 spiro atoms. The van der Waals surface area contributed by atoms with Gasteiger partial charge in [-0.1, -0.05) is 30.3 Å². The Bertz CT molecular complexity index is 1130. The summed E-state index contributed by atoms with van der Waals surface area (Å²) in [6, 6.07) is 14.0. The van der Waals surface area contributed by atoms with Gasteiger partial charge in [0.15, 0.2) is 15.7 Å². The molecular weight excluding hydrogens is 374 g/mol. The third-order valence-corrected chi connectivity index (χ3v) is 6.00. The third-order valence-electron chi connectivity index (χ3n) is 3.51. The number of aromatic nitrogens is 2. The molecule has 3 rings (SSSR count). The van der Waals surface area contributed by atoms with Crippen molar-refractivity contribution in [3.05, 3.63) is 67.0 Å². The molecule has 3 aromatic rings. The first-order chi connectivity index (χ1) is 12.3. The summed E-state index contributed by atoms with van der Waals surface area (Å²) in [5.74, 6) is 0.0681. The van der Waals surface area contributed by atoms with Gasteiger partial charge in [0, 0.05) is 11.8 Å². The van der Waals surface area contributed by atoms with Gasteiger partial charge in [0.2, 0.25) is 0 Å². The van der Waals surface area contributed by atoms with E-state index in [0.29, 0.717) is 11.3 Å². The zero-order chi connectivity index (χ0) is 18.8. The van der Waals surface area contributed by atoms with E-state index in [0.717, 1.165) is 6.26 Å². The molecular formula is C17H15N3O4S2. The predicted molar refractivity (Wildman–Crippen MR) is 97.8 cm³/mol. The summed E-state index contributed by atoms with van der Waals surface area (Å²) in [5, 5.41) is 0. The summed E-state index contributed by atoms with van der Waals surface area (Å²) < 4.78 is 50.1. The molecule has 1 heterocycles. The Morgan fingerprint density at radius 2 is 1.46 bits per heavy atom. The first-order valence-electron chi connectivity index (χ1n) is 7.46. The summed E-state index contributed by atoms with van der Waals surface area (Å²) in [6.45, 7) is 0. The highest BCUT2D eigenvalue weighted by Crippen LogP contribution is 2.21. The van der Waals surface area contributed by atoms with E-state index in [1.165, 1.54) is 36.7 Å². The lowest BCUT2D eigenvalue weighted by atomic mass is 10.2. The fourth-order valence-corrected chi connectivity index (χ4v) is 3.86. The Labute approximate surface area is 151 Å². The van der Waals surface area contributed by atoms with Gasteiger partial charge in [0.25, 0.3) is 10.0 Å². The molecule has 9 heteroatoms. The molecule has 0 radical (unpaired) electrons. The molecule has 0 unspecified atom stereocenters. The highest BCUT2D eigenvalue weighted by atomic mass is 32.2. The van der Waals surface area contributed by atoms with Crippen molar-refractivity contribution in [3.63, 3.8) is 0 Å². The number of nitrogens with zero attached hydrogens (tertiary/aromatic N) is 2. The summed E-state index contributed by atoms with van der Waals surface area (Å²) in [7, 11) is -7.06. The number of sulfone groups is 1. The molecule has 0 amide bonds. The van der Waals surface area contributed by atoms with Gasteiger partial charge in [-0.05, 0) is 24.3 Å². The number of anilines is 1. The summed E-state index contributed by atoms with van der Waals surface area (Å²) in [4.78, 5) is 8.55. The number of hydrogen-bond acceptors (Lipinski definition) is 6. The lowest BCUT2D eigenvalue weighted by Gasteiger charge is -2.08. The van der Waals surface area contributed by atoms with Crippen molar-refractivity contribution in [2.45, 2.75) is 9.79 Å². The van der Waals surface area contributed by atoms with Crippen LogP contribution in [0, 0.1) is 0 Å². The fraction of sp³-hybridized carbons (Fsp3) is 0.0588. The van der Waals surface area contributed by atoms with Crippen molar-refractivity contribution < 1.29 is 16.8 Å². The quantitative estimate of drug-likeness (QED) is 0.718. The highest BCUT2D eigenvalue weighted by molar-refractivity contribution is 7.92. The highest BCUT2D eigenvalue weighted by Gasteiger charge is 2.15. The van der Waals surface area contributed by atoms with E-state index in [-0.39, 0.29) is 15.6 Å². The smallest absolute Gasteiger partial charge is 0.262 e. The van der Waals surface area contributed by atoms with Crippen LogP contribution in [0.2, 0.25) is 0 Å². The van der Waals surface area contributed by atoms with E-state index in [9.17, 15) is 16.8 Å². The van der Waals surface area contributed by atoms with E-state index in [1.807, 2.05) is 0 Å². The van der Waals surface area contributed by atoms with Crippen molar-refractivity contribution in [1.29, 1.82) is 0 Å². The molecule has 0 bridgehead atoms. The van der Waals surface area contributed by atoms with Crippen LogP contribution in [0.5, 0.6) is 0 Å². The minimum Gasteiger partial charge on any atom is -0.262 e. The van der Waals surface area contributed by atoms with E-state index in [4.69, 9.17) is 0 Å². The first-order valence-corrected chi connectivity index (χ1v) is 10.8. The summed E-state index contributed by atoms with van der Waals surface area (Å²) >= 11 is 0. The van der Waals surface area contributed by atoms with Gasteiger partial charge in [-0.3, -0.25) is 9.71 Å². The molecule has 7 nitrogen and oxygen atoms in total. The second-order valence-corrected chi connectivity index (χ2v) is 9.20. The Morgan fingerprint density at radius 3 is 2.08 bits per heavy atom. The van der Waals surface area contributed by atoms with Gasteiger partial charge in [0.1, 0.15) is 0 Å². The minimum absolute atomic E-state index is 0.0681. The number of nitrogens with one attached hydrogen (secondary N) is 1. The molecule has 0 aliphatic heterocycles. The minimum atomic E-state index is -3.77. The third kappa shape index (κ3) is 4.06. The monoisotopic (exact) mass is 389 g/mol. The molecule has 26 heavy (non-hydrogen) atoms. The Hall–Kier alpha value is -2.78. The molecule has 0 saturated carbocycles. The zero-order valence-electron chi connectivity index (χ0n) is 13.7. The first kappa shape index (κ1) is 18.0. The van der Waals surface area contributed by atoms with Crippen molar-refractivity contribution >= 4 is 25.7 Å². The number of benzene rings is 2. The van der Waals surface area contributed by atoms with E-state index in [2.05, 4.69) is 14.7 Å². The number of rotatable bonds is 5. The van der Waals surface area contributed by atoms with Gasteiger partial charge >= 0.3 is 0 Å². The second-order valence-electron chi connectivity index (χ2n) is 5.50. The standard InChI is InChI=1S/C17H15N3O4S2/c1-25(21,22)14-9-7-13(8-10-14)16-11-18-12-17(19-16)20-26(23,24)15-5-3-2-4-6-15/h2-12H,1H3,(H,19,20). The fourth-order valence-electron chi connectivity index (χ4n) is 2.22. The molecule has 0 fully saturated rings. The van der Waals surface area contributed by atoms with Gasteiger partial charge < -0.3 is 0 Å². The van der Waals surface area contributed by atoms with Crippen LogP contribution >= 0.6 is 0 Å². The predicted octanol–water partition coefficient (Wildman–Crippen LogP) is 2.35. The van der Waals surface area contributed by atoms with E-state index in [1.54, 1.807) is 30.3 Å². The average molecular weight is 389 g/mol. The molecule has 0 aliphatic carbocycles. The molecule has 1 aromatic heterocycles. The Morgan fingerprint density at radius 1 is 0.808 bits per heavy atom. The van der Waals surface area contributed by atoms with Crippen LogP contribution in [0.15, 0.2) is 76.8 Å². The lowest BCUT2D eigenvalue weighted by molar-refractivity contribution is 0.599. The molecule has 134 valence electrons. The average Bonchev–Trinajstić information content (AvgIpc) is 2.62. The molecule has 0 saturated heterocycles.